The molecule has 2 aliphatic rings. The highest BCUT2D eigenvalue weighted by Gasteiger charge is 2.24. The van der Waals surface area contributed by atoms with Crippen molar-refractivity contribution in [3.8, 4) is 11.5 Å². The van der Waals surface area contributed by atoms with Gasteiger partial charge in [-0.15, -0.1) is 0 Å². The van der Waals surface area contributed by atoms with Gasteiger partial charge in [-0.25, -0.2) is 4.98 Å². The Bertz CT molecular complexity index is 692. The molecule has 128 valence electrons. The van der Waals surface area contributed by atoms with Crippen molar-refractivity contribution in [2.45, 2.75) is 38.4 Å². The first-order chi connectivity index (χ1) is 11.8. The van der Waals surface area contributed by atoms with Crippen LogP contribution in [0.2, 0.25) is 5.02 Å². The molecule has 0 radical (unpaired) electrons. The van der Waals surface area contributed by atoms with Crippen LogP contribution in [0, 0.1) is 0 Å². The summed E-state index contributed by atoms with van der Waals surface area (Å²) in [4.78, 5) is 6.55. The molecule has 6 nitrogen and oxygen atoms in total. The van der Waals surface area contributed by atoms with Crippen LogP contribution in [-0.2, 0) is 13.1 Å². The Morgan fingerprint density at radius 1 is 1.21 bits per heavy atom. The predicted molar refractivity (Wildman–Crippen MR) is 90.5 cm³/mol. The summed E-state index contributed by atoms with van der Waals surface area (Å²) < 4.78 is 13.2. The fourth-order valence-corrected chi connectivity index (χ4v) is 3.80. The van der Waals surface area contributed by atoms with Crippen molar-refractivity contribution in [2.24, 2.45) is 0 Å². The summed E-state index contributed by atoms with van der Waals surface area (Å²) in [6.45, 7) is 3.95. The number of rotatable bonds is 4. The SMILES string of the molecule is Clc1cc(CN2CCCC[C@@H]2Cn2cncn2)cc2c1OCCO2. The van der Waals surface area contributed by atoms with Crippen LogP contribution in [-0.4, -0.2) is 45.5 Å². The second-order valence-electron chi connectivity index (χ2n) is 6.34. The third kappa shape index (κ3) is 3.35. The second-order valence-corrected chi connectivity index (χ2v) is 6.75. The van der Waals surface area contributed by atoms with Crippen LogP contribution < -0.4 is 9.47 Å². The molecule has 0 spiro atoms. The smallest absolute Gasteiger partial charge is 0.179 e. The van der Waals surface area contributed by atoms with Gasteiger partial charge in [0.1, 0.15) is 25.9 Å². The van der Waals surface area contributed by atoms with Crippen molar-refractivity contribution in [1.29, 1.82) is 0 Å². The topological polar surface area (TPSA) is 52.4 Å². The average molecular weight is 349 g/mol. The van der Waals surface area contributed by atoms with Gasteiger partial charge in [-0.1, -0.05) is 18.0 Å². The Kier molecular flexibility index (Phi) is 4.58. The van der Waals surface area contributed by atoms with Crippen LogP contribution in [0.1, 0.15) is 24.8 Å². The van der Waals surface area contributed by atoms with E-state index < -0.39 is 0 Å². The van der Waals surface area contributed by atoms with E-state index in [0.29, 0.717) is 30.0 Å². The molecule has 0 saturated carbocycles. The minimum Gasteiger partial charge on any atom is -0.486 e. The molecule has 2 aromatic rings. The van der Waals surface area contributed by atoms with Gasteiger partial charge in [0.15, 0.2) is 11.5 Å². The lowest BCUT2D eigenvalue weighted by molar-refractivity contribution is 0.121. The van der Waals surface area contributed by atoms with Crippen LogP contribution in [0.25, 0.3) is 0 Å². The van der Waals surface area contributed by atoms with E-state index in [1.807, 2.05) is 10.7 Å². The average Bonchev–Trinajstić information content (AvgIpc) is 3.10. The maximum absolute atomic E-state index is 6.37. The number of benzene rings is 1. The molecule has 0 aliphatic carbocycles. The second kappa shape index (κ2) is 6.99. The molecule has 2 aliphatic heterocycles. The zero-order chi connectivity index (χ0) is 16.4. The summed E-state index contributed by atoms with van der Waals surface area (Å²) in [6.07, 6.45) is 7.05. The van der Waals surface area contributed by atoms with Gasteiger partial charge in [-0.05, 0) is 37.1 Å². The first-order valence-corrected chi connectivity index (χ1v) is 8.82. The van der Waals surface area contributed by atoms with Crippen molar-refractivity contribution >= 4 is 11.6 Å². The van der Waals surface area contributed by atoms with Crippen LogP contribution in [0.4, 0.5) is 0 Å². The monoisotopic (exact) mass is 348 g/mol. The van der Waals surface area contributed by atoms with Gasteiger partial charge in [0.05, 0.1) is 11.6 Å². The molecule has 1 aromatic carbocycles. The Morgan fingerprint density at radius 2 is 2.12 bits per heavy atom. The Balaban J connectivity index is 1.51. The van der Waals surface area contributed by atoms with E-state index in [2.05, 4.69) is 21.0 Å². The molecule has 1 fully saturated rings. The number of fused-ring (bicyclic) bond motifs is 1. The third-order valence-corrected chi connectivity index (χ3v) is 4.94. The number of nitrogens with zero attached hydrogens (tertiary/aromatic N) is 4. The largest absolute Gasteiger partial charge is 0.486 e. The quantitative estimate of drug-likeness (QED) is 0.850. The van der Waals surface area contributed by atoms with Crippen LogP contribution in [0.3, 0.4) is 0 Å². The Morgan fingerprint density at radius 3 is 3.00 bits per heavy atom. The van der Waals surface area contributed by atoms with Gasteiger partial charge in [-0.3, -0.25) is 9.58 Å². The zero-order valence-electron chi connectivity index (χ0n) is 13.5. The third-order valence-electron chi connectivity index (χ3n) is 4.66. The van der Waals surface area contributed by atoms with E-state index in [0.717, 1.165) is 30.9 Å². The number of halogens is 1. The highest BCUT2D eigenvalue weighted by atomic mass is 35.5. The molecule has 7 heteroatoms. The van der Waals surface area contributed by atoms with Gasteiger partial charge >= 0.3 is 0 Å². The molecular weight excluding hydrogens is 328 g/mol. The van der Waals surface area contributed by atoms with Gasteiger partial charge in [0.2, 0.25) is 0 Å². The predicted octanol–water partition coefficient (Wildman–Crippen LogP) is 2.76. The standard InChI is InChI=1S/C17H21ClN4O2/c18-15-7-13(8-16-17(15)24-6-5-23-16)9-21-4-2-1-3-14(21)10-22-12-19-11-20-22/h7-8,11-12,14H,1-6,9-10H2/t14-/m1/s1. The van der Waals surface area contributed by atoms with Crippen molar-refractivity contribution in [3.63, 3.8) is 0 Å². The highest BCUT2D eigenvalue weighted by Crippen LogP contribution is 2.38. The van der Waals surface area contributed by atoms with Crippen molar-refractivity contribution in [3.05, 3.63) is 35.4 Å². The first kappa shape index (κ1) is 15.7. The van der Waals surface area contributed by atoms with E-state index in [-0.39, 0.29) is 0 Å². The summed E-state index contributed by atoms with van der Waals surface area (Å²) in [6, 6.07) is 4.52. The lowest BCUT2D eigenvalue weighted by Crippen LogP contribution is -2.41. The van der Waals surface area contributed by atoms with E-state index in [4.69, 9.17) is 21.1 Å². The molecule has 0 amide bonds. The molecule has 1 saturated heterocycles. The highest BCUT2D eigenvalue weighted by molar-refractivity contribution is 6.32. The number of piperidine rings is 1. The molecule has 0 unspecified atom stereocenters. The zero-order valence-corrected chi connectivity index (χ0v) is 14.3. The minimum atomic E-state index is 0.465. The molecule has 0 N–H and O–H groups in total. The van der Waals surface area contributed by atoms with Crippen molar-refractivity contribution in [2.75, 3.05) is 19.8 Å². The van der Waals surface area contributed by atoms with E-state index in [1.165, 1.54) is 19.3 Å². The minimum absolute atomic E-state index is 0.465. The molecule has 0 bridgehead atoms. The van der Waals surface area contributed by atoms with Gasteiger partial charge < -0.3 is 9.47 Å². The maximum Gasteiger partial charge on any atom is 0.179 e. The number of ether oxygens (including phenoxy) is 2. The molecular formula is C17H21ClN4O2. The van der Waals surface area contributed by atoms with Crippen LogP contribution in [0.15, 0.2) is 24.8 Å². The summed E-state index contributed by atoms with van der Waals surface area (Å²) in [5, 5.41) is 4.88. The fourth-order valence-electron chi connectivity index (χ4n) is 3.51. The maximum atomic E-state index is 6.37. The first-order valence-electron chi connectivity index (χ1n) is 8.44. The van der Waals surface area contributed by atoms with Crippen molar-refractivity contribution < 1.29 is 9.47 Å². The molecule has 3 heterocycles. The van der Waals surface area contributed by atoms with E-state index in [1.54, 1.807) is 12.7 Å². The van der Waals surface area contributed by atoms with E-state index >= 15 is 0 Å². The van der Waals surface area contributed by atoms with Crippen LogP contribution >= 0.6 is 11.6 Å². The molecule has 24 heavy (non-hydrogen) atoms. The van der Waals surface area contributed by atoms with Gasteiger partial charge in [0.25, 0.3) is 0 Å². The Labute approximate surface area is 146 Å². The van der Waals surface area contributed by atoms with Crippen LogP contribution in [0.5, 0.6) is 11.5 Å². The summed E-state index contributed by atoms with van der Waals surface area (Å²) in [5.74, 6) is 1.43. The summed E-state index contributed by atoms with van der Waals surface area (Å²) in [7, 11) is 0. The Hall–Kier alpha value is -1.79. The number of likely N-dealkylation sites (tertiary alicyclic amines) is 1. The molecule has 1 atom stereocenters. The van der Waals surface area contributed by atoms with Crippen molar-refractivity contribution in [1.82, 2.24) is 19.7 Å². The summed E-state index contributed by atoms with van der Waals surface area (Å²) in [5.41, 5.74) is 1.16. The number of aromatic nitrogens is 3. The number of hydrogen-bond acceptors (Lipinski definition) is 5. The molecule has 4 rings (SSSR count). The van der Waals surface area contributed by atoms with E-state index in [9.17, 15) is 0 Å². The fraction of sp³-hybridized carbons (Fsp3) is 0.529. The number of hydrogen-bond donors (Lipinski definition) is 0. The van der Waals surface area contributed by atoms with Gasteiger partial charge in [-0.2, -0.15) is 5.10 Å². The van der Waals surface area contributed by atoms with Gasteiger partial charge in [0, 0.05) is 12.6 Å². The lowest BCUT2D eigenvalue weighted by atomic mass is 10.0. The lowest BCUT2D eigenvalue weighted by Gasteiger charge is -2.35. The summed E-state index contributed by atoms with van der Waals surface area (Å²) >= 11 is 6.37. The normalized spacial score (nSPS) is 21.0. The molecule has 1 aromatic heterocycles.